The van der Waals surface area contributed by atoms with Gasteiger partial charge in [-0.05, 0) is 36.5 Å². The van der Waals surface area contributed by atoms with E-state index >= 15 is 0 Å². The molecule has 0 saturated heterocycles. The van der Waals surface area contributed by atoms with Gasteiger partial charge in [-0.1, -0.05) is 31.4 Å². The van der Waals surface area contributed by atoms with E-state index in [-0.39, 0.29) is 17.7 Å². The van der Waals surface area contributed by atoms with Gasteiger partial charge in [0, 0.05) is 24.4 Å². The fraction of sp³-hybridized carbons (Fsp3) is 0.588. The molecule has 1 aromatic rings. The maximum atomic E-state index is 12.4. The molecular formula is C17H26N2O3S. The highest BCUT2D eigenvalue weighted by Crippen LogP contribution is 2.26. The van der Waals surface area contributed by atoms with Gasteiger partial charge in [-0.25, -0.2) is 8.42 Å². The van der Waals surface area contributed by atoms with Gasteiger partial charge in [0.1, 0.15) is 0 Å². The Morgan fingerprint density at radius 1 is 1.22 bits per heavy atom. The molecule has 1 saturated carbocycles. The maximum Gasteiger partial charge on any atom is 0.251 e. The van der Waals surface area contributed by atoms with Gasteiger partial charge >= 0.3 is 0 Å². The maximum absolute atomic E-state index is 12.4. The van der Waals surface area contributed by atoms with Gasteiger partial charge in [0.25, 0.3) is 5.91 Å². The third kappa shape index (κ3) is 5.62. The quantitative estimate of drug-likeness (QED) is 0.828. The summed E-state index contributed by atoms with van der Waals surface area (Å²) < 4.78 is 22.6. The van der Waals surface area contributed by atoms with Crippen LogP contribution in [-0.2, 0) is 15.6 Å². The summed E-state index contributed by atoms with van der Waals surface area (Å²) in [6.07, 6.45) is 7.12. The molecule has 1 amide bonds. The number of sulfone groups is 1. The zero-order chi connectivity index (χ0) is 16.9. The second-order valence-corrected chi connectivity index (χ2v) is 8.62. The lowest BCUT2D eigenvalue weighted by molar-refractivity contribution is 0.0915. The zero-order valence-corrected chi connectivity index (χ0v) is 14.4. The molecule has 1 aliphatic rings. The summed E-state index contributed by atoms with van der Waals surface area (Å²) >= 11 is 0. The van der Waals surface area contributed by atoms with E-state index in [0.717, 1.165) is 12.8 Å². The smallest absolute Gasteiger partial charge is 0.251 e. The van der Waals surface area contributed by atoms with E-state index in [1.165, 1.54) is 25.5 Å². The van der Waals surface area contributed by atoms with Crippen LogP contribution in [0.15, 0.2) is 24.3 Å². The number of hydrogen-bond donors (Lipinski definition) is 2. The standard InChI is InChI=1S/C17H26N2O3S/c1-23(21,22)12-13-7-9-15(10-8-13)17(20)19-16(11-18)14-5-3-2-4-6-14/h7-10,14,16H,2-6,11-12,18H2,1H3,(H,19,20). The summed E-state index contributed by atoms with van der Waals surface area (Å²) in [5.74, 6) is 0.307. The SMILES string of the molecule is CS(=O)(=O)Cc1ccc(C(=O)NC(CN)C2CCCCC2)cc1. The van der Waals surface area contributed by atoms with Crippen molar-refractivity contribution >= 4 is 15.7 Å². The van der Waals surface area contributed by atoms with E-state index in [2.05, 4.69) is 5.32 Å². The molecule has 3 N–H and O–H groups in total. The van der Waals surface area contributed by atoms with Crippen LogP contribution in [0.5, 0.6) is 0 Å². The first-order chi connectivity index (χ1) is 10.9. The molecule has 0 bridgehead atoms. The third-order valence-corrected chi connectivity index (χ3v) is 5.29. The van der Waals surface area contributed by atoms with Crippen molar-refractivity contribution in [2.45, 2.75) is 43.9 Å². The second-order valence-electron chi connectivity index (χ2n) is 6.48. The number of nitrogens with one attached hydrogen (secondary N) is 1. The minimum Gasteiger partial charge on any atom is -0.348 e. The molecule has 6 heteroatoms. The zero-order valence-electron chi connectivity index (χ0n) is 13.6. The number of hydrogen-bond acceptors (Lipinski definition) is 4. The van der Waals surface area contributed by atoms with Crippen molar-refractivity contribution in [2.24, 2.45) is 11.7 Å². The van der Waals surface area contributed by atoms with Crippen molar-refractivity contribution in [3.8, 4) is 0 Å². The Bertz CT molecular complexity index is 620. The van der Waals surface area contributed by atoms with E-state index in [4.69, 9.17) is 5.73 Å². The highest BCUT2D eigenvalue weighted by atomic mass is 32.2. The normalized spacial score (nSPS) is 17.7. The van der Waals surface area contributed by atoms with Crippen LogP contribution in [0.25, 0.3) is 0 Å². The van der Waals surface area contributed by atoms with Gasteiger partial charge < -0.3 is 11.1 Å². The van der Waals surface area contributed by atoms with Gasteiger partial charge in [0.15, 0.2) is 9.84 Å². The van der Waals surface area contributed by atoms with Crippen molar-refractivity contribution in [1.29, 1.82) is 0 Å². The van der Waals surface area contributed by atoms with Crippen molar-refractivity contribution < 1.29 is 13.2 Å². The van der Waals surface area contributed by atoms with Crippen LogP contribution >= 0.6 is 0 Å². The summed E-state index contributed by atoms with van der Waals surface area (Å²) in [7, 11) is -3.06. The minimum absolute atomic E-state index is 0.0115. The van der Waals surface area contributed by atoms with Crippen molar-refractivity contribution in [3.05, 3.63) is 35.4 Å². The topological polar surface area (TPSA) is 89.3 Å². The molecule has 0 aromatic heterocycles. The summed E-state index contributed by atoms with van der Waals surface area (Å²) in [6, 6.07) is 6.73. The van der Waals surface area contributed by atoms with Crippen LogP contribution in [-0.4, -0.2) is 33.2 Å². The summed E-state index contributed by atoms with van der Waals surface area (Å²) in [5, 5.41) is 3.04. The molecular weight excluding hydrogens is 312 g/mol. The van der Waals surface area contributed by atoms with Gasteiger partial charge in [-0.2, -0.15) is 0 Å². The van der Waals surface area contributed by atoms with Crippen LogP contribution in [0.3, 0.4) is 0 Å². The van der Waals surface area contributed by atoms with Crippen LogP contribution in [0, 0.1) is 5.92 Å². The number of carbonyl (C=O) groups is 1. The van der Waals surface area contributed by atoms with E-state index in [1.54, 1.807) is 24.3 Å². The van der Waals surface area contributed by atoms with Gasteiger partial charge in [0.2, 0.25) is 0 Å². The molecule has 0 aliphatic heterocycles. The molecule has 1 aliphatic carbocycles. The van der Waals surface area contributed by atoms with E-state index < -0.39 is 9.84 Å². The fourth-order valence-corrected chi connectivity index (χ4v) is 4.01. The Morgan fingerprint density at radius 2 is 1.83 bits per heavy atom. The third-order valence-electron chi connectivity index (χ3n) is 4.43. The summed E-state index contributed by atoms with van der Waals surface area (Å²) in [6.45, 7) is 0.447. The first kappa shape index (κ1) is 17.9. The van der Waals surface area contributed by atoms with Gasteiger partial charge in [-0.15, -0.1) is 0 Å². The molecule has 5 nitrogen and oxygen atoms in total. The van der Waals surface area contributed by atoms with Crippen molar-refractivity contribution in [2.75, 3.05) is 12.8 Å². The van der Waals surface area contributed by atoms with Crippen LogP contribution < -0.4 is 11.1 Å². The van der Waals surface area contributed by atoms with E-state index in [1.807, 2.05) is 0 Å². The molecule has 1 fully saturated rings. The Labute approximate surface area is 138 Å². The molecule has 0 radical (unpaired) electrons. The number of carbonyl (C=O) groups excluding carboxylic acids is 1. The van der Waals surface area contributed by atoms with Crippen LogP contribution in [0.4, 0.5) is 0 Å². The predicted molar refractivity (Wildman–Crippen MR) is 91.9 cm³/mol. The number of nitrogens with two attached hydrogens (primary N) is 1. The second kappa shape index (κ2) is 7.93. The molecule has 0 spiro atoms. The number of benzene rings is 1. The van der Waals surface area contributed by atoms with Crippen LogP contribution in [0.1, 0.15) is 48.0 Å². The summed E-state index contributed by atoms with van der Waals surface area (Å²) in [5.41, 5.74) is 7.07. The average Bonchev–Trinajstić information content (AvgIpc) is 2.52. The molecule has 1 unspecified atom stereocenters. The van der Waals surface area contributed by atoms with Crippen molar-refractivity contribution in [3.63, 3.8) is 0 Å². The minimum atomic E-state index is -3.06. The Hall–Kier alpha value is -1.40. The Kier molecular flexibility index (Phi) is 6.18. The predicted octanol–water partition coefficient (Wildman–Crippen LogP) is 1.87. The Morgan fingerprint density at radius 3 is 2.35 bits per heavy atom. The molecule has 0 heterocycles. The lowest BCUT2D eigenvalue weighted by Gasteiger charge is -2.30. The highest BCUT2D eigenvalue weighted by Gasteiger charge is 2.24. The Balaban J connectivity index is 1.98. The molecule has 23 heavy (non-hydrogen) atoms. The fourth-order valence-electron chi connectivity index (χ4n) is 3.21. The summed E-state index contributed by atoms with van der Waals surface area (Å²) in [4.78, 5) is 12.4. The number of amides is 1. The first-order valence-electron chi connectivity index (χ1n) is 8.16. The van der Waals surface area contributed by atoms with E-state index in [9.17, 15) is 13.2 Å². The average molecular weight is 338 g/mol. The van der Waals surface area contributed by atoms with Gasteiger partial charge in [-0.3, -0.25) is 4.79 Å². The first-order valence-corrected chi connectivity index (χ1v) is 10.2. The van der Waals surface area contributed by atoms with Gasteiger partial charge in [0.05, 0.1) is 5.75 Å². The molecule has 1 aromatic carbocycles. The lowest BCUT2D eigenvalue weighted by atomic mass is 9.84. The monoisotopic (exact) mass is 338 g/mol. The molecule has 1 atom stereocenters. The lowest BCUT2D eigenvalue weighted by Crippen LogP contribution is -2.45. The van der Waals surface area contributed by atoms with E-state index in [0.29, 0.717) is 23.6 Å². The molecule has 128 valence electrons. The largest absolute Gasteiger partial charge is 0.348 e. The number of rotatable bonds is 6. The van der Waals surface area contributed by atoms with Crippen molar-refractivity contribution in [1.82, 2.24) is 5.32 Å². The van der Waals surface area contributed by atoms with Crippen LogP contribution in [0.2, 0.25) is 0 Å². The highest BCUT2D eigenvalue weighted by molar-refractivity contribution is 7.89. The molecule has 2 rings (SSSR count).